The number of carbonyl (C=O) groups is 2. The Balaban J connectivity index is 1.35. The third-order valence-corrected chi connectivity index (χ3v) is 9.25. The van der Waals surface area contributed by atoms with Gasteiger partial charge in [0, 0.05) is 72.0 Å². The standard InChI is InChI=1S/C38H39Cl2N5O8/c1-51-33(48)15-25(46)20-41-17-23-10-11-31(44-37(23)53-3)30-9-5-8-29(36(30)40)28-7-4-6-27(35(28)39)22-12-13-45-32(14-22)43-19-24(38(45)50)18-42-21-26(47)16-34(49)52-2/h4-14,19,25-26,41-42,46-47H,15-18,20-21H2,1-3H3/t25-,26-/m0/s1. The lowest BCUT2D eigenvalue weighted by Crippen LogP contribution is -2.31. The molecule has 5 aromatic rings. The molecular formula is C38H39Cl2N5O8. The SMILES string of the molecule is COC(=O)C[C@H](O)CNCc1ccc(-c2cccc(-c3cccc(-c4ccn5c(=O)c(CNC[C@@H](O)CC(=O)OC)cnc5c4)c3Cl)c2Cl)nc1OC. The van der Waals surface area contributed by atoms with Gasteiger partial charge in [-0.3, -0.25) is 18.8 Å². The maximum absolute atomic E-state index is 13.2. The van der Waals surface area contributed by atoms with Crippen molar-refractivity contribution in [2.75, 3.05) is 34.4 Å². The molecule has 0 fully saturated rings. The Morgan fingerprint density at radius 2 is 1.36 bits per heavy atom. The number of nitrogens with zero attached hydrogens (tertiary/aromatic N) is 3. The molecule has 0 saturated heterocycles. The molecule has 4 N–H and O–H groups in total. The average Bonchev–Trinajstić information content (AvgIpc) is 3.16. The van der Waals surface area contributed by atoms with Crippen molar-refractivity contribution < 1.29 is 34.0 Å². The van der Waals surface area contributed by atoms with E-state index in [0.29, 0.717) is 61.6 Å². The quantitative estimate of drug-likeness (QED) is 0.104. The van der Waals surface area contributed by atoms with Gasteiger partial charge in [0.2, 0.25) is 5.88 Å². The average molecular weight is 765 g/mol. The predicted octanol–water partition coefficient (Wildman–Crippen LogP) is 4.43. The van der Waals surface area contributed by atoms with Crippen molar-refractivity contribution in [3.8, 4) is 39.4 Å². The first kappa shape index (κ1) is 39.3. The summed E-state index contributed by atoms with van der Waals surface area (Å²) in [6, 6.07) is 18.4. The first-order valence-corrected chi connectivity index (χ1v) is 17.3. The fourth-order valence-corrected chi connectivity index (χ4v) is 6.34. The first-order chi connectivity index (χ1) is 25.5. The van der Waals surface area contributed by atoms with Crippen molar-refractivity contribution in [1.82, 2.24) is 25.0 Å². The number of rotatable bonds is 16. The Bertz CT molecular complexity index is 2160. The molecule has 3 heterocycles. The monoisotopic (exact) mass is 763 g/mol. The van der Waals surface area contributed by atoms with E-state index in [4.69, 9.17) is 32.9 Å². The van der Waals surface area contributed by atoms with Gasteiger partial charge >= 0.3 is 11.9 Å². The number of fused-ring (bicyclic) bond motifs is 1. The Morgan fingerprint density at radius 1 is 0.792 bits per heavy atom. The van der Waals surface area contributed by atoms with Crippen LogP contribution in [-0.4, -0.2) is 83.1 Å². The van der Waals surface area contributed by atoms with Crippen LogP contribution in [0.2, 0.25) is 10.0 Å². The van der Waals surface area contributed by atoms with Crippen LogP contribution in [0.15, 0.2) is 77.9 Å². The number of benzene rings is 2. The highest BCUT2D eigenvalue weighted by Crippen LogP contribution is 2.42. The minimum atomic E-state index is -0.950. The van der Waals surface area contributed by atoms with Gasteiger partial charge in [0.25, 0.3) is 5.56 Å². The summed E-state index contributed by atoms with van der Waals surface area (Å²) in [5, 5.41) is 27.0. The highest BCUT2D eigenvalue weighted by Gasteiger charge is 2.19. The zero-order valence-electron chi connectivity index (χ0n) is 29.3. The van der Waals surface area contributed by atoms with Crippen LogP contribution in [0.25, 0.3) is 39.2 Å². The molecule has 5 rings (SSSR count). The van der Waals surface area contributed by atoms with E-state index < -0.39 is 24.1 Å². The molecule has 53 heavy (non-hydrogen) atoms. The van der Waals surface area contributed by atoms with Crippen molar-refractivity contribution in [1.29, 1.82) is 0 Å². The van der Waals surface area contributed by atoms with Crippen LogP contribution < -0.4 is 20.9 Å². The summed E-state index contributed by atoms with van der Waals surface area (Å²) in [6.45, 7) is 0.763. The maximum Gasteiger partial charge on any atom is 0.308 e. The highest BCUT2D eigenvalue weighted by atomic mass is 35.5. The van der Waals surface area contributed by atoms with Crippen molar-refractivity contribution in [3.63, 3.8) is 0 Å². The largest absolute Gasteiger partial charge is 0.481 e. The number of aromatic nitrogens is 3. The maximum atomic E-state index is 13.2. The zero-order chi connectivity index (χ0) is 38.1. The number of hydrogen-bond donors (Lipinski definition) is 4. The summed E-state index contributed by atoms with van der Waals surface area (Å²) < 4.78 is 16.2. The van der Waals surface area contributed by atoms with E-state index in [1.807, 2.05) is 48.5 Å². The summed E-state index contributed by atoms with van der Waals surface area (Å²) in [5.41, 5.74) is 5.34. The van der Waals surface area contributed by atoms with Crippen molar-refractivity contribution in [2.24, 2.45) is 0 Å². The molecule has 0 amide bonds. The smallest absolute Gasteiger partial charge is 0.308 e. The molecule has 0 radical (unpaired) electrons. The van der Waals surface area contributed by atoms with Gasteiger partial charge in [0.1, 0.15) is 5.65 Å². The minimum absolute atomic E-state index is 0.0982. The van der Waals surface area contributed by atoms with E-state index >= 15 is 0 Å². The van der Waals surface area contributed by atoms with Gasteiger partial charge in [-0.15, -0.1) is 0 Å². The number of ether oxygens (including phenoxy) is 3. The molecule has 0 spiro atoms. The van der Waals surface area contributed by atoms with Gasteiger partial charge in [0.05, 0.1) is 62.1 Å². The lowest BCUT2D eigenvalue weighted by molar-refractivity contribution is -0.143. The fraction of sp³-hybridized carbons (Fsp3) is 0.289. The Kier molecular flexibility index (Phi) is 13.5. The number of aliphatic hydroxyl groups is 2. The summed E-state index contributed by atoms with van der Waals surface area (Å²) in [5.74, 6) is -0.640. The van der Waals surface area contributed by atoms with Crippen LogP contribution in [-0.2, 0) is 32.2 Å². The zero-order valence-corrected chi connectivity index (χ0v) is 30.8. The van der Waals surface area contributed by atoms with Crippen LogP contribution >= 0.6 is 23.2 Å². The predicted molar refractivity (Wildman–Crippen MR) is 201 cm³/mol. The summed E-state index contributed by atoms with van der Waals surface area (Å²) >= 11 is 14.1. The van der Waals surface area contributed by atoms with Crippen LogP contribution in [0.5, 0.6) is 5.88 Å². The van der Waals surface area contributed by atoms with Gasteiger partial charge in [-0.2, -0.15) is 0 Å². The summed E-state index contributed by atoms with van der Waals surface area (Å²) in [7, 11) is 4.04. The first-order valence-electron chi connectivity index (χ1n) is 16.6. The molecule has 0 bridgehead atoms. The second-order valence-electron chi connectivity index (χ2n) is 12.1. The number of nitrogens with one attached hydrogen (secondary N) is 2. The second-order valence-corrected chi connectivity index (χ2v) is 12.8. The van der Waals surface area contributed by atoms with E-state index in [1.54, 1.807) is 18.3 Å². The molecule has 0 aliphatic carbocycles. The fourth-order valence-electron chi connectivity index (χ4n) is 5.68. The van der Waals surface area contributed by atoms with E-state index in [1.165, 1.54) is 31.9 Å². The summed E-state index contributed by atoms with van der Waals surface area (Å²) in [6.07, 6.45) is 0.998. The second kappa shape index (κ2) is 18.2. The van der Waals surface area contributed by atoms with E-state index in [2.05, 4.69) is 25.1 Å². The van der Waals surface area contributed by atoms with Gasteiger partial charge in [-0.1, -0.05) is 65.7 Å². The van der Waals surface area contributed by atoms with Gasteiger partial charge in [-0.05, 0) is 23.8 Å². The number of esters is 2. The van der Waals surface area contributed by atoms with E-state index in [9.17, 15) is 24.6 Å². The number of halogens is 2. The molecule has 0 unspecified atom stereocenters. The molecular weight excluding hydrogens is 725 g/mol. The van der Waals surface area contributed by atoms with Crippen LogP contribution in [0.3, 0.4) is 0 Å². The third-order valence-electron chi connectivity index (χ3n) is 8.44. The Morgan fingerprint density at radius 3 is 1.96 bits per heavy atom. The number of aliphatic hydroxyl groups excluding tert-OH is 2. The van der Waals surface area contributed by atoms with Crippen molar-refractivity contribution >= 4 is 40.8 Å². The number of carbonyl (C=O) groups excluding carboxylic acids is 2. The topological polar surface area (TPSA) is 174 Å². The van der Waals surface area contributed by atoms with Gasteiger partial charge < -0.3 is 35.1 Å². The molecule has 3 aromatic heterocycles. The molecule has 15 heteroatoms. The molecule has 0 saturated carbocycles. The third kappa shape index (κ3) is 9.57. The summed E-state index contributed by atoms with van der Waals surface area (Å²) in [4.78, 5) is 45.2. The van der Waals surface area contributed by atoms with E-state index in [-0.39, 0.29) is 38.0 Å². The Labute approximate surface area is 315 Å². The molecule has 2 atom stereocenters. The molecule has 13 nitrogen and oxygen atoms in total. The van der Waals surface area contributed by atoms with Gasteiger partial charge in [0.15, 0.2) is 0 Å². The van der Waals surface area contributed by atoms with Crippen molar-refractivity contribution in [3.05, 3.63) is 105 Å². The molecule has 278 valence electrons. The highest BCUT2D eigenvalue weighted by molar-refractivity contribution is 6.39. The molecule has 2 aromatic carbocycles. The molecule has 0 aliphatic rings. The van der Waals surface area contributed by atoms with Crippen LogP contribution in [0, 0.1) is 0 Å². The van der Waals surface area contributed by atoms with Crippen LogP contribution in [0.4, 0.5) is 0 Å². The number of hydrogen-bond acceptors (Lipinski definition) is 12. The number of pyridine rings is 2. The Hall–Kier alpha value is -4.89. The van der Waals surface area contributed by atoms with Crippen molar-refractivity contribution in [2.45, 2.75) is 38.1 Å². The van der Waals surface area contributed by atoms with Gasteiger partial charge in [-0.25, -0.2) is 9.97 Å². The lowest BCUT2D eigenvalue weighted by atomic mass is 9.97. The van der Waals surface area contributed by atoms with Crippen LogP contribution in [0.1, 0.15) is 24.0 Å². The molecule has 0 aliphatic heterocycles. The minimum Gasteiger partial charge on any atom is -0.481 e. The normalized spacial score (nSPS) is 12.4. The number of methoxy groups -OCH3 is 3. The van der Waals surface area contributed by atoms with E-state index in [0.717, 1.165) is 11.1 Å². The lowest BCUT2D eigenvalue weighted by Gasteiger charge is -2.16.